The number of benzene rings is 3. The van der Waals surface area contributed by atoms with Crippen LogP contribution in [0.1, 0.15) is 56.9 Å². The lowest BCUT2D eigenvalue weighted by molar-refractivity contribution is -0.137. The molecule has 0 heterocycles. The van der Waals surface area contributed by atoms with Crippen molar-refractivity contribution in [3.8, 4) is 0 Å². The molecule has 0 spiro atoms. The van der Waals surface area contributed by atoms with E-state index in [0.717, 1.165) is 28.8 Å². The van der Waals surface area contributed by atoms with E-state index in [-0.39, 0.29) is 5.82 Å². The van der Waals surface area contributed by atoms with Crippen LogP contribution in [0.15, 0.2) is 72.8 Å². The van der Waals surface area contributed by atoms with Gasteiger partial charge in [0.25, 0.3) is 0 Å². The van der Waals surface area contributed by atoms with Crippen molar-refractivity contribution in [2.45, 2.75) is 57.0 Å². The molecule has 0 aliphatic carbocycles. The molecule has 0 fully saturated rings. The van der Waals surface area contributed by atoms with Crippen LogP contribution in [-0.4, -0.2) is 0 Å². The van der Waals surface area contributed by atoms with E-state index in [1.54, 1.807) is 24.3 Å². The molecule has 0 aliphatic rings. The Labute approximate surface area is 192 Å². The van der Waals surface area contributed by atoms with Crippen molar-refractivity contribution in [1.82, 2.24) is 0 Å². The highest BCUT2D eigenvalue weighted by Gasteiger charge is 2.54. The smallest absolute Gasteiger partial charge is 0.207 e. The van der Waals surface area contributed by atoms with Gasteiger partial charge in [-0.3, -0.25) is 0 Å². The molecule has 0 aliphatic heterocycles. The summed E-state index contributed by atoms with van der Waals surface area (Å²) in [7, 11) is 0. The second kappa shape index (κ2) is 8.22. The van der Waals surface area contributed by atoms with Gasteiger partial charge in [-0.15, -0.1) is 0 Å². The minimum Gasteiger partial charge on any atom is -0.207 e. The van der Waals surface area contributed by atoms with Crippen LogP contribution in [0.5, 0.6) is 0 Å². The van der Waals surface area contributed by atoms with Crippen molar-refractivity contribution in [3.05, 3.63) is 106 Å². The third kappa shape index (κ3) is 4.05. The van der Waals surface area contributed by atoms with Gasteiger partial charge >= 0.3 is 6.18 Å². The van der Waals surface area contributed by atoms with Crippen LogP contribution >= 0.6 is 11.6 Å². The average molecular weight is 463 g/mol. The van der Waals surface area contributed by atoms with Crippen molar-refractivity contribution < 1.29 is 17.6 Å². The maximum atomic E-state index is 13.8. The summed E-state index contributed by atoms with van der Waals surface area (Å²) >= 11 is 6.11. The highest BCUT2D eigenvalue weighted by molar-refractivity contribution is 6.30. The summed E-state index contributed by atoms with van der Waals surface area (Å²) in [4.78, 5) is 0. The number of halogens is 5. The highest BCUT2D eigenvalue weighted by atomic mass is 35.5. The molecular weight excluding hydrogens is 436 g/mol. The lowest BCUT2D eigenvalue weighted by atomic mass is 9.48. The van der Waals surface area contributed by atoms with E-state index < -0.39 is 28.0 Å². The first-order chi connectivity index (χ1) is 14.7. The molecule has 0 amide bonds. The van der Waals surface area contributed by atoms with Crippen molar-refractivity contribution in [3.63, 3.8) is 0 Å². The van der Waals surface area contributed by atoms with Gasteiger partial charge in [0, 0.05) is 10.4 Å². The maximum Gasteiger partial charge on any atom is 0.416 e. The molecule has 0 saturated carbocycles. The quantitative estimate of drug-likeness (QED) is 0.332. The zero-order chi connectivity index (χ0) is 23.9. The molecule has 0 bridgehead atoms. The zero-order valence-electron chi connectivity index (χ0n) is 18.8. The van der Waals surface area contributed by atoms with Gasteiger partial charge < -0.3 is 0 Å². The summed E-state index contributed by atoms with van der Waals surface area (Å²) in [5.41, 5.74) is 0.232. The van der Waals surface area contributed by atoms with E-state index in [9.17, 15) is 17.6 Å². The van der Waals surface area contributed by atoms with Crippen LogP contribution in [-0.2, 0) is 22.4 Å². The fraction of sp³-hybridized carbons (Fsp3) is 0.333. The standard InChI is InChI=1S/C27H27ClF4/c1-24(2,18-6-8-21(9-7-18)27(30,31)32)26(5,20-12-16-23(29)17-13-20)25(3,4)19-10-14-22(28)15-11-19/h6-17H,1-5H3. The average Bonchev–Trinajstić information content (AvgIpc) is 2.73. The Morgan fingerprint density at radius 2 is 0.875 bits per heavy atom. The summed E-state index contributed by atoms with van der Waals surface area (Å²) in [5.74, 6) is -0.340. The third-order valence-corrected chi connectivity index (χ3v) is 7.67. The van der Waals surface area contributed by atoms with Gasteiger partial charge in [-0.25, -0.2) is 4.39 Å². The fourth-order valence-corrected chi connectivity index (χ4v) is 4.93. The summed E-state index contributed by atoms with van der Waals surface area (Å²) in [6.45, 7) is 10.3. The molecule has 0 saturated heterocycles. The molecule has 0 radical (unpaired) electrons. The summed E-state index contributed by atoms with van der Waals surface area (Å²) in [5, 5.41) is 0.620. The summed E-state index contributed by atoms with van der Waals surface area (Å²) in [6, 6.07) is 19.3. The van der Waals surface area contributed by atoms with Crippen LogP contribution in [0.2, 0.25) is 5.02 Å². The number of hydrogen-bond donors (Lipinski definition) is 0. The molecule has 3 aromatic carbocycles. The Hall–Kier alpha value is -2.33. The van der Waals surface area contributed by atoms with E-state index in [0.29, 0.717) is 5.02 Å². The molecule has 1 atom stereocenters. The Kier molecular flexibility index (Phi) is 6.25. The van der Waals surface area contributed by atoms with Gasteiger partial charge in [-0.05, 0) is 63.9 Å². The van der Waals surface area contributed by atoms with Crippen molar-refractivity contribution >= 4 is 11.6 Å². The number of alkyl halides is 3. The Bertz CT molecular complexity index is 1060. The molecule has 0 aromatic heterocycles. The van der Waals surface area contributed by atoms with Crippen LogP contribution in [0.25, 0.3) is 0 Å². The van der Waals surface area contributed by atoms with Crippen molar-refractivity contribution in [2.75, 3.05) is 0 Å². The van der Waals surface area contributed by atoms with Gasteiger partial charge in [0.05, 0.1) is 5.56 Å². The van der Waals surface area contributed by atoms with Crippen molar-refractivity contribution in [1.29, 1.82) is 0 Å². The van der Waals surface area contributed by atoms with Crippen LogP contribution in [0, 0.1) is 5.82 Å². The van der Waals surface area contributed by atoms with Gasteiger partial charge in [0.2, 0.25) is 0 Å². The molecule has 3 aromatic rings. The molecule has 3 rings (SSSR count). The minimum absolute atomic E-state index is 0.340. The van der Waals surface area contributed by atoms with Gasteiger partial charge in [0.1, 0.15) is 5.82 Å². The molecule has 170 valence electrons. The first-order valence-corrected chi connectivity index (χ1v) is 10.8. The first-order valence-electron chi connectivity index (χ1n) is 10.4. The first kappa shape index (κ1) is 24.3. The second-order valence-electron chi connectivity index (χ2n) is 9.46. The monoisotopic (exact) mass is 462 g/mol. The maximum absolute atomic E-state index is 13.8. The SMILES string of the molecule is CC(C)(c1ccc(Cl)cc1)C(C)(c1ccc(F)cc1)C(C)(C)c1ccc(C(F)(F)F)cc1. The topological polar surface area (TPSA) is 0 Å². The number of hydrogen-bond acceptors (Lipinski definition) is 0. The number of rotatable bonds is 5. The van der Waals surface area contributed by atoms with Gasteiger partial charge in [-0.1, -0.05) is 82.6 Å². The lowest BCUT2D eigenvalue weighted by Crippen LogP contribution is -2.55. The predicted molar refractivity (Wildman–Crippen MR) is 123 cm³/mol. The predicted octanol–water partition coefficient (Wildman–Crippen LogP) is 8.71. The Morgan fingerprint density at radius 1 is 0.531 bits per heavy atom. The zero-order valence-corrected chi connectivity index (χ0v) is 19.6. The molecular formula is C27H27ClF4. The molecule has 0 N–H and O–H groups in total. The van der Waals surface area contributed by atoms with E-state index in [1.807, 2.05) is 38.1 Å². The van der Waals surface area contributed by atoms with E-state index in [4.69, 9.17) is 11.6 Å². The highest BCUT2D eigenvalue weighted by Crippen LogP contribution is 2.55. The van der Waals surface area contributed by atoms with Crippen LogP contribution in [0.3, 0.4) is 0 Å². The van der Waals surface area contributed by atoms with Crippen LogP contribution in [0.4, 0.5) is 17.6 Å². The lowest BCUT2D eigenvalue weighted by Gasteiger charge is -2.55. The van der Waals surface area contributed by atoms with Gasteiger partial charge in [0.15, 0.2) is 0 Å². The summed E-state index contributed by atoms with van der Waals surface area (Å²) < 4.78 is 53.2. The molecule has 1 unspecified atom stereocenters. The van der Waals surface area contributed by atoms with E-state index >= 15 is 0 Å². The molecule has 32 heavy (non-hydrogen) atoms. The van der Waals surface area contributed by atoms with Crippen LogP contribution < -0.4 is 0 Å². The van der Waals surface area contributed by atoms with Crippen molar-refractivity contribution in [2.24, 2.45) is 0 Å². The van der Waals surface area contributed by atoms with E-state index in [2.05, 4.69) is 20.8 Å². The normalized spacial score (nSPS) is 14.8. The Balaban J connectivity index is 2.24. The van der Waals surface area contributed by atoms with Gasteiger partial charge in [-0.2, -0.15) is 13.2 Å². The fourth-order valence-electron chi connectivity index (χ4n) is 4.81. The molecule has 0 nitrogen and oxygen atoms in total. The molecule has 5 heteroatoms. The largest absolute Gasteiger partial charge is 0.416 e. The summed E-state index contributed by atoms with van der Waals surface area (Å²) in [6.07, 6.45) is -4.40. The van der Waals surface area contributed by atoms with E-state index in [1.165, 1.54) is 12.1 Å². The third-order valence-electron chi connectivity index (χ3n) is 7.42. The Morgan fingerprint density at radius 3 is 1.28 bits per heavy atom. The second-order valence-corrected chi connectivity index (χ2v) is 9.90. The minimum atomic E-state index is -4.40.